The van der Waals surface area contributed by atoms with Gasteiger partial charge in [-0.1, -0.05) is 38.1 Å². The smallest absolute Gasteiger partial charge is 0.212 e. The molecule has 2 nitrogen and oxygen atoms in total. The summed E-state index contributed by atoms with van der Waals surface area (Å²) in [5.74, 6) is 0.0927. The normalized spacial score (nSPS) is 10.7. The highest BCUT2D eigenvalue weighted by Crippen LogP contribution is 2.15. The molecule has 0 saturated carbocycles. The van der Waals surface area contributed by atoms with Gasteiger partial charge in [0.25, 0.3) is 0 Å². The van der Waals surface area contributed by atoms with Gasteiger partial charge in [0.2, 0.25) is 5.95 Å². The van der Waals surface area contributed by atoms with Crippen LogP contribution in [-0.4, -0.2) is 4.98 Å². The summed E-state index contributed by atoms with van der Waals surface area (Å²) in [7, 11) is 0. The average Bonchev–Trinajstić information content (AvgIpc) is 2.38. The fourth-order valence-electron chi connectivity index (χ4n) is 1.70. The van der Waals surface area contributed by atoms with Gasteiger partial charge in [-0.3, -0.25) is 0 Å². The Balaban J connectivity index is 1.95. The number of aromatic nitrogens is 1. The Hall–Kier alpha value is -1.90. The van der Waals surface area contributed by atoms with Crippen molar-refractivity contribution in [3.63, 3.8) is 0 Å². The van der Waals surface area contributed by atoms with Crippen molar-refractivity contribution in [1.29, 1.82) is 0 Å². The summed E-state index contributed by atoms with van der Waals surface area (Å²) in [4.78, 5) is 3.60. The number of benzene rings is 1. The summed E-state index contributed by atoms with van der Waals surface area (Å²) in [6.45, 7) is 5.07. The fraction of sp³-hybridized carbons (Fsp3) is 0.267. The second kappa shape index (κ2) is 5.63. The zero-order valence-electron chi connectivity index (χ0n) is 10.7. The summed E-state index contributed by atoms with van der Waals surface area (Å²) in [5.41, 5.74) is 3.36. The van der Waals surface area contributed by atoms with Crippen LogP contribution in [0.15, 0.2) is 42.6 Å². The van der Waals surface area contributed by atoms with Crippen molar-refractivity contribution in [2.45, 2.75) is 26.3 Å². The van der Waals surface area contributed by atoms with Gasteiger partial charge in [-0.25, -0.2) is 4.98 Å². The molecule has 1 heterocycles. The molecule has 0 spiro atoms. The second-order valence-electron chi connectivity index (χ2n) is 4.62. The Morgan fingerprint density at radius 2 is 1.83 bits per heavy atom. The van der Waals surface area contributed by atoms with Crippen LogP contribution >= 0.6 is 0 Å². The predicted molar refractivity (Wildman–Crippen MR) is 72.1 cm³/mol. The van der Waals surface area contributed by atoms with E-state index in [1.165, 1.54) is 23.4 Å². The Kier molecular flexibility index (Phi) is 3.92. The molecule has 94 valence electrons. The molecule has 1 aromatic heterocycles. The van der Waals surface area contributed by atoms with Crippen LogP contribution < -0.4 is 5.32 Å². The molecule has 0 fully saturated rings. The lowest BCUT2D eigenvalue weighted by Gasteiger charge is -2.08. The Morgan fingerprint density at radius 3 is 2.39 bits per heavy atom. The van der Waals surface area contributed by atoms with Crippen molar-refractivity contribution in [3.8, 4) is 0 Å². The van der Waals surface area contributed by atoms with Gasteiger partial charge in [-0.2, -0.15) is 4.39 Å². The summed E-state index contributed by atoms with van der Waals surface area (Å²) >= 11 is 0. The van der Waals surface area contributed by atoms with Crippen LogP contribution in [0.4, 0.5) is 10.1 Å². The van der Waals surface area contributed by atoms with Crippen LogP contribution in [-0.2, 0) is 6.54 Å². The minimum absolute atomic E-state index is 0.457. The molecule has 2 rings (SSSR count). The summed E-state index contributed by atoms with van der Waals surface area (Å²) in [6.07, 6.45) is 1.50. The SMILES string of the molecule is CC(C)c1ccc(CNc2ccc(F)nc2)cc1. The maximum absolute atomic E-state index is 12.6. The van der Waals surface area contributed by atoms with E-state index in [-0.39, 0.29) is 0 Å². The van der Waals surface area contributed by atoms with E-state index >= 15 is 0 Å². The largest absolute Gasteiger partial charge is 0.380 e. The number of pyridine rings is 1. The molecule has 0 radical (unpaired) electrons. The monoisotopic (exact) mass is 244 g/mol. The van der Waals surface area contributed by atoms with Gasteiger partial charge in [0, 0.05) is 6.54 Å². The summed E-state index contributed by atoms with van der Waals surface area (Å²) < 4.78 is 12.6. The minimum Gasteiger partial charge on any atom is -0.380 e. The van der Waals surface area contributed by atoms with Crippen LogP contribution in [0.2, 0.25) is 0 Å². The number of hydrogen-bond acceptors (Lipinski definition) is 2. The van der Waals surface area contributed by atoms with Crippen molar-refractivity contribution >= 4 is 5.69 Å². The number of nitrogens with zero attached hydrogens (tertiary/aromatic N) is 1. The van der Waals surface area contributed by atoms with Crippen molar-refractivity contribution in [1.82, 2.24) is 4.98 Å². The third-order valence-corrected chi connectivity index (χ3v) is 2.87. The van der Waals surface area contributed by atoms with Gasteiger partial charge < -0.3 is 5.32 Å². The topological polar surface area (TPSA) is 24.9 Å². The lowest BCUT2D eigenvalue weighted by molar-refractivity contribution is 0.584. The molecule has 0 atom stereocenters. The van der Waals surface area contributed by atoms with Gasteiger partial charge in [-0.15, -0.1) is 0 Å². The zero-order valence-corrected chi connectivity index (χ0v) is 10.7. The first-order chi connectivity index (χ1) is 8.65. The standard InChI is InChI=1S/C15H17FN2/c1-11(2)13-5-3-12(4-6-13)9-17-14-7-8-15(16)18-10-14/h3-8,10-11,17H,9H2,1-2H3. The molecule has 3 heteroatoms. The third kappa shape index (κ3) is 3.29. The van der Waals surface area contributed by atoms with Gasteiger partial charge in [0.15, 0.2) is 0 Å². The van der Waals surface area contributed by atoms with E-state index in [0.717, 1.165) is 5.69 Å². The lowest BCUT2D eigenvalue weighted by Crippen LogP contribution is -2.00. The quantitative estimate of drug-likeness (QED) is 0.823. The van der Waals surface area contributed by atoms with E-state index in [0.29, 0.717) is 12.5 Å². The highest BCUT2D eigenvalue weighted by Gasteiger charge is 1.99. The summed E-state index contributed by atoms with van der Waals surface area (Å²) in [5, 5.41) is 3.21. The average molecular weight is 244 g/mol. The van der Waals surface area contributed by atoms with Crippen LogP contribution in [0.1, 0.15) is 30.9 Å². The summed E-state index contributed by atoms with van der Waals surface area (Å²) in [6, 6.07) is 11.5. The molecule has 1 aromatic carbocycles. The van der Waals surface area contributed by atoms with Crippen molar-refractivity contribution in [2.24, 2.45) is 0 Å². The van der Waals surface area contributed by atoms with Crippen LogP contribution in [0, 0.1) is 5.95 Å². The second-order valence-corrected chi connectivity index (χ2v) is 4.62. The first-order valence-electron chi connectivity index (χ1n) is 6.09. The van der Waals surface area contributed by atoms with Crippen molar-refractivity contribution in [3.05, 3.63) is 59.7 Å². The molecule has 0 aliphatic rings. The first-order valence-corrected chi connectivity index (χ1v) is 6.09. The first kappa shape index (κ1) is 12.6. The van der Waals surface area contributed by atoms with Crippen molar-refractivity contribution in [2.75, 3.05) is 5.32 Å². The van der Waals surface area contributed by atoms with E-state index in [9.17, 15) is 4.39 Å². The predicted octanol–water partition coefficient (Wildman–Crippen LogP) is 3.96. The van der Waals surface area contributed by atoms with E-state index < -0.39 is 5.95 Å². The third-order valence-electron chi connectivity index (χ3n) is 2.87. The van der Waals surface area contributed by atoms with E-state index in [4.69, 9.17) is 0 Å². The van der Waals surface area contributed by atoms with Crippen molar-refractivity contribution < 1.29 is 4.39 Å². The highest BCUT2D eigenvalue weighted by molar-refractivity contribution is 5.41. The maximum Gasteiger partial charge on any atom is 0.212 e. The molecule has 0 aliphatic heterocycles. The molecular formula is C15H17FN2. The number of anilines is 1. The van der Waals surface area contributed by atoms with Crippen LogP contribution in [0.25, 0.3) is 0 Å². The molecule has 0 aliphatic carbocycles. The molecule has 0 amide bonds. The van der Waals surface area contributed by atoms with Gasteiger partial charge in [0.1, 0.15) is 0 Å². The van der Waals surface area contributed by atoms with Gasteiger partial charge in [-0.05, 0) is 29.2 Å². The molecule has 1 N–H and O–H groups in total. The molecule has 18 heavy (non-hydrogen) atoms. The molecular weight excluding hydrogens is 227 g/mol. The Labute approximate surface area is 107 Å². The maximum atomic E-state index is 12.6. The Bertz CT molecular complexity index is 489. The molecule has 2 aromatic rings. The number of halogens is 1. The molecule has 0 saturated heterocycles. The fourth-order valence-corrected chi connectivity index (χ4v) is 1.70. The number of hydrogen-bond donors (Lipinski definition) is 1. The van der Waals surface area contributed by atoms with Gasteiger partial charge >= 0.3 is 0 Å². The number of rotatable bonds is 4. The highest BCUT2D eigenvalue weighted by atomic mass is 19.1. The number of nitrogens with one attached hydrogen (secondary N) is 1. The zero-order chi connectivity index (χ0) is 13.0. The van der Waals surface area contributed by atoms with Crippen LogP contribution in [0.3, 0.4) is 0 Å². The van der Waals surface area contributed by atoms with Crippen LogP contribution in [0.5, 0.6) is 0 Å². The Morgan fingerprint density at radius 1 is 1.11 bits per heavy atom. The van der Waals surface area contributed by atoms with Gasteiger partial charge in [0.05, 0.1) is 11.9 Å². The lowest BCUT2D eigenvalue weighted by atomic mass is 10.0. The molecule has 0 unspecified atom stereocenters. The molecule has 0 bridgehead atoms. The minimum atomic E-state index is -0.457. The van der Waals surface area contributed by atoms with E-state index in [2.05, 4.69) is 48.4 Å². The van der Waals surface area contributed by atoms with E-state index in [1.54, 1.807) is 6.07 Å². The van der Waals surface area contributed by atoms with E-state index in [1.807, 2.05) is 0 Å².